The van der Waals surface area contributed by atoms with Gasteiger partial charge in [-0.25, -0.2) is 4.99 Å². The van der Waals surface area contributed by atoms with Crippen LogP contribution in [-0.2, 0) is 11.0 Å². The van der Waals surface area contributed by atoms with Gasteiger partial charge in [0.1, 0.15) is 0 Å². The van der Waals surface area contributed by atoms with Gasteiger partial charge in [-0.05, 0) is 42.3 Å². The highest BCUT2D eigenvalue weighted by Gasteiger charge is 2.35. The number of nitrogens with zero attached hydrogens (tertiary/aromatic N) is 1. The van der Waals surface area contributed by atoms with E-state index in [-0.39, 0.29) is 11.1 Å². The second-order valence-electron chi connectivity index (χ2n) is 6.83. The van der Waals surface area contributed by atoms with Crippen molar-refractivity contribution in [2.24, 2.45) is 4.99 Å². The Bertz CT molecular complexity index is 1140. The molecule has 0 saturated carbocycles. The molecule has 4 rings (SSSR count). The summed E-state index contributed by atoms with van der Waals surface area (Å²) in [5.41, 5.74) is 3.67. The number of alkyl halides is 3. The van der Waals surface area contributed by atoms with E-state index in [0.29, 0.717) is 28.8 Å². The van der Waals surface area contributed by atoms with Crippen molar-refractivity contribution in [2.75, 3.05) is 0 Å². The number of fused-ring (bicyclic) bond motifs is 1. The topological polar surface area (TPSA) is 29.4 Å². The van der Waals surface area contributed by atoms with Crippen LogP contribution in [0.3, 0.4) is 0 Å². The first-order valence-corrected chi connectivity index (χ1v) is 9.01. The SMILES string of the molecule is Cc1ccc(/N=C2/C(c3ccccc3)=C(C=O)c3cc(C(F)(F)F)ccc32)cc1. The smallest absolute Gasteiger partial charge is 0.298 e. The number of rotatable bonds is 3. The van der Waals surface area contributed by atoms with Crippen LogP contribution >= 0.6 is 0 Å². The molecule has 144 valence electrons. The van der Waals surface area contributed by atoms with Gasteiger partial charge in [0.15, 0.2) is 6.29 Å². The van der Waals surface area contributed by atoms with Crippen molar-refractivity contribution in [3.63, 3.8) is 0 Å². The van der Waals surface area contributed by atoms with Crippen molar-refractivity contribution in [2.45, 2.75) is 13.1 Å². The summed E-state index contributed by atoms with van der Waals surface area (Å²) in [4.78, 5) is 16.7. The molecule has 0 aliphatic heterocycles. The maximum Gasteiger partial charge on any atom is 0.416 e. The first-order valence-electron chi connectivity index (χ1n) is 9.01. The second kappa shape index (κ2) is 7.17. The van der Waals surface area contributed by atoms with E-state index in [4.69, 9.17) is 4.99 Å². The number of aldehydes is 1. The van der Waals surface area contributed by atoms with E-state index in [1.165, 1.54) is 6.07 Å². The minimum Gasteiger partial charge on any atom is -0.298 e. The number of allylic oxidation sites excluding steroid dienone is 2. The zero-order valence-electron chi connectivity index (χ0n) is 15.5. The van der Waals surface area contributed by atoms with E-state index in [1.807, 2.05) is 61.5 Å². The van der Waals surface area contributed by atoms with Crippen molar-refractivity contribution in [1.29, 1.82) is 0 Å². The molecule has 0 spiro atoms. The molecule has 2 nitrogen and oxygen atoms in total. The van der Waals surface area contributed by atoms with Gasteiger partial charge >= 0.3 is 6.18 Å². The standard InChI is InChI=1S/C24H16F3NO/c1-15-7-10-18(11-8-15)28-23-19-12-9-17(24(25,26)27)13-20(19)21(14-29)22(23)16-5-3-2-4-6-16/h2-14H,1H3/b28-23+. The molecule has 5 heteroatoms. The Morgan fingerprint density at radius 2 is 1.55 bits per heavy atom. The molecule has 0 atom stereocenters. The third-order valence-electron chi connectivity index (χ3n) is 4.85. The molecule has 29 heavy (non-hydrogen) atoms. The van der Waals surface area contributed by atoms with Crippen molar-refractivity contribution < 1.29 is 18.0 Å². The Kier molecular flexibility index (Phi) is 4.66. The monoisotopic (exact) mass is 391 g/mol. The third-order valence-corrected chi connectivity index (χ3v) is 4.85. The van der Waals surface area contributed by atoms with Gasteiger partial charge in [0.05, 0.1) is 17.0 Å². The zero-order chi connectivity index (χ0) is 20.6. The van der Waals surface area contributed by atoms with Gasteiger partial charge in [-0.1, -0.05) is 54.1 Å². The normalized spacial score (nSPS) is 15.0. The molecule has 0 amide bonds. The van der Waals surface area contributed by atoms with Crippen LogP contribution in [0, 0.1) is 6.92 Å². The summed E-state index contributed by atoms with van der Waals surface area (Å²) in [6, 6.07) is 20.1. The summed E-state index contributed by atoms with van der Waals surface area (Å²) in [6.07, 6.45) is -3.88. The van der Waals surface area contributed by atoms with Gasteiger partial charge in [-0.15, -0.1) is 0 Å². The molecule has 0 aromatic heterocycles. The van der Waals surface area contributed by atoms with E-state index in [2.05, 4.69) is 0 Å². The number of aryl methyl sites for hydroxylation is 1. The Hall–Kier alpha value is -3.47. The summed E-state index contributed by atoms with van der Waals surface area (Å²) in [5, 5.41) is 0. The molecule has 0 unspecified atom stereocenters. The highest BCUT2D eigenvalue weighted by atomic mass is 19.4. The van der Waals surface area contributed by atoms with Gasteiger partial charge in [-0.3, -0.25) is 4.79 Å². The Morgan fingerprint density at radius 3 is 2.17 bits per heavy atom. The average Bonchev–Trinajstić information content (AvgIpc) is 3.02. The molecule has 0 bridgehead atoms. The quantitative estimate of drug-likeness (QED) is 0.485. The molecular formula is C24H16F3NO. The predicted molar refractivity (Wildman–Crippen MR) is 108 cm³/mol. The molecule has 0 fully saturated rings. The van der Waals surface area contributed by atoms with Crippen molar-refractivity contribution >= 4 is 28.8 Å². The summed E-state index contributed by atoms with van der Waals surface area (Å²) >= 11 is 0. The molecule has 1 aliphatic carbocycles. The molecule has 3 aromatic carbocycles. The van der Waals surface area contributed by atoms with E-state index in [0.717, 1.165) is 23.3 Å². The average molecular weight is 391 g/mol. The van der Waals surface area contributed by atoms with Crippen molar-refractivity contribution in [3.05, 3.63) is 101 Å². The second-order valence-corrected chi connectivity index (χ2v) is 6.83. The Labute approximate surface area is 166 Å². The molecule has 0 saturated heterocycles. The number of hydrogen-bond donors (Lipinski definition) is 0. The summed E-state index contributed by atoms with van der Waals surface area (Å²) in [6.45, 7) is 1.96. The number of carbonyl (C=O) groups is 1. The van der Waals surface area contributed by atoms with Crippen LogP contribution in [0.15, 0.2) is 77.8 Å². The minimum absolute atomic E-state index is 0.211. The van der Waals surface area contributed by atoms with E-state index in [1.54, 1.807) is 0 Å². The molecule has 0 radical (unpaired) electrons. The fourth-order valence-electron chi connectivity index (χ4n) is 3.43. The molecular weight excluding hydrogens is 375 g/mol. The molecule has 3 aromatic rings. The summed E-state index contributed by atoms with van der Waals surface area (Å²) in [7, 11) is 0. The highest BCUT2D eigenvalue weighted by molar-refractivity contribution is 6.48. The first kappa shape index (κ1) is 18.9. The van der Waals surface area contributed by atoms with Gasteiger partial charge in [0, 0.05) is 16.7 Å². The van der Waals surface area contributed by atoms with Crippen LogP contribution in [0.5, 0.6) is 0 Å². The number of halogens is 3. The summed E-state index contributed by atoms with van der Waals surface area (Å²) in [5.74, 6) is 0. The molecule has 0 heterocycles. The summed E-state index contributed by atoms with van der Waals surface area (Å²) < 4.78 is 39.8. The lowest BCUT2D eigenvalue weighted by atomic mass is 9.99. The lowest BCUT2D eigenvalue weighted by Gasteiger charge is -2.10. The van der Waals surface area contributed by atoms with Crippen LogP contribution in [0.4, 0.5) is 18.9 Å². The van der Waals surface area contributed by atoms with Crippen molar-refractivity contribution in [3.8, 4) is 0 Å². The lowest BCUT2D eigenvalue weighted by Crippen LogP contribution is -2.06. The van der Waals surface area contributed by atoms with Gasteiger partial charge in [0.2, 0.25) is 0 Å². The van der Waals surface area contributed by atoms with Crippen molar-refractivity contribution in [1.82, 2.24) is 0 Å². The fraction of sp³-hybridized carbons (Fsp3) is 0.0833. The first-order chi connectivity index (χ1) is 13.9. The number of aliphatic imine (C=N–C) groups is 1. The number of hydrogen-bond acceptors (Lipinski definition) is 2. The van der Waals surface area contributed by atoms with E-state index < -0.39 is 11.7 Å². The minimum atomic E-state index is -4.49. The van der Waals surface area contributed by atoms with E-state index >= 15 is 0 Å². The Balaban J connectivity index is 1.99. The van der Waals surface area contributed by atoms with Crippen LogP contribution in [0.2, 0.25) is 0 Å². The van der Waals surface area contributed by atoms with Gasteiger partial charge in [-0.2, -0.15) is 13.2 Å². The lowest BCUT2D eigenvalue weighted by molar-refractivity contribution is -0.137. The maximum atomic E-state index is 13.3. The fourth-order valence-corrected chi connectivity index (χ4v) is 3.43. The zero-order valence-corrected chi connectivity index (χ0v) is 15.5. The third kappa shape index (κ3) is 3.51. The number of benzene rings is 3. The number of carbonyl (C=O) groups excluding carboxylic acids is 1. The predicted octanol–water partition coefficient (Wildman–Crippen LogP) is 6.26. The Morgan fingerprint density at radius 1 is 0.862 bits per heavy atom. The van der Waals surface area contributed by atoms with E-state index in [9.17, 15) is 18.0 Å². The van der Waals surface area contributed by atoms with Gasteiger partial charge in [0.25, 0.3) is 0 Å². The van der Waals surface area contributed by atoms with Crippen LogP contribution in [0.25, 0.3) is 11.1 Å². The van der Waals surface area contributed by atoms with Crippen LogP contribution < -0.4 is 0 Å². The van der Waals surface area contributed by atoms with Crippen LogP contribution in [0.1, 0.15) is 27.8 Å². The molecule has 0 N–H and O–H groups in total. The highest BCUT2D eigenvalue weighted by Crippen LogP contribution is 2.41. The maximum absolute atomic E-state index is 13.3. The largest absolute Gasteiger partial charge is 0.416 e. The van der Waals surface area contributed by atoms with Crippen LogP contribution in [-0.4, -0.2) is 12.0 Å². The molecule has 1 aliphatic rings. The van der Waals surface area contributed by atoms with Gasteiger partial charge < -0.3 is 0 Å².